The third kappa shape index (κ3) is 4.03. The van der Waals surface area contributed by atoms with Crippen molar-refractivity contribution >= 4 is 23.2 Å². The van der Waals surface area contributed by atoms with Gasteiger partial charge in [-0.2, -0.15) is 0 Å². The molecule has 2 aromatic carbocycles. The van der Waals surface area contributed by atoms with Gasteiger partial charge in [-0.15, -0.1) is 10.2 Å². The lowest BCUT2D eigenvalue weighted by atomic mass is 10.2. The Morgan fingerprint density at radius 1 is 1.20 bits per heavy atom. The molecule has 0 aliphatic carbocycles. The predicted octanol–water partition coefficient (Wildman–Crippen LogP) is 4.41. The summed E-state index contributed by atoms with van der Waals surface area (Å²) in [4.78, 5) is 12.1. The minimum atomic E-state index is -0.438. The first kappa shape index (κ1) is 17.1. The van der Waals surface area contributed by atoms with E-state index in [2.05, 4.69) is 15.5 Å². The second-order valence-corrected chi connectivity index (χ2v) is 5.85. The summed E-state index contributed by atoms with van der Waals surface area (Å²) in [6.07, 6.45) is 0.414. The van der Waals surface area contributed by atoms with Crippen LogP contribution in [0.25, 0.3) is 11.5 Å². The van der Waals surface area contributed by atoms with Crippen LogP contribution in [-0.4, -0.2) is 16.1 Å². The first-order valence-corrected chi connectivity index (χ1v) is 8.04. The lowest BCUT2D eigenvalue weighted by Gasteiger charge is -2.08. The number of rotatable bonds is 5. The molecule has 5 nitrogen and oxygen atoms in total. The number of amides is 1. The van der Waals surface area contributed by atoms with Gasteiger partial charge in [0, 0.05) is 23.6 Å². The molecule has 3 rings (SSSR count). The van der Waals surface area contributed by atoms with Gasteiger partial charge >= 0.3 is 0 Å². The molecule has 1 amide bonds. The van der Waals surface area contributed by atoms with Crippen molar-refractivity contribution in [3.63, 3.8) is 0 Å². The summed E-state index contributed by atoms with van der Waals surface area (Å²) in [6, 6.07) is 11.4. The van der Waals surface area contributed by atoms with Crippen molar-refractivity contribution in [3.05, 3.63) is 64.8 Å². The molecule has 3 aromatic rings. The molecule has 1 heterocycles. The fourth-order valence-electron chi connectivity index (χ4n) is 2.27. The zero-order valence-electron chi connectivity index (χ0n) is 13.4. The number of anilines is 1. The molecule has 0 fully saturated rings. The van der Waals surface area contributed by atoms with Gasteiger partial charge in [0.2, 0.25) is 11.8 Å². The van der Waals surface area contributed by atoms with Gasteiger partial charge < -0.3 is 9.73 Å². The normalized spacial score (nSPS) is 10.7. The topological polar surface area (TPSA) is 68.0 Å². The summed E-state index contributed by atoms with van der Waals surface area (Å²) in [7, 11) is 0. The molecule has 0 saturated heterocycles. The SMILES string of the molecule is Cc1c(Cl)cccc1NC(=O)CCc1nnc(-c2ccccc2F)o1. The molecule has 25 heavy (non-hydrogen) atoms. The summed E-state index contributed by atoms with van der Waals surface area (Å²) >= 11 is 6.03. The van der Waals surface area contributed by atoms with Gasteiger partial charge in [0.15, 0.2) is 0 Å². The minimum Gasteiger partial charge on any atom is -0.421 e. The van der Waals surface area contributed by atoms with Crippen LogP contribution in [-0.2, 0) is 11.2 Å². The highest BCUT2D eigenvalue weighted by Crippen LogP contribution is 2.24. The van der Waals surface area contributed by atoms with E-state index in [0.717, 1.165) is 5.56 Å². The van der Waals surface area contributed by atoms with Gasteiger partial charge in [0.05, 0.1) is 5.56 Å². The van der Waals surface area contributed by atoms with Crippen molar-refractivity contribution < 1.29 is 13.6 Å². The Hall–Kier alpha value is -2.73. The summed E-state index contributed by atoms with van der Waals surface area (Å²) in [6.45, 7) is 1.83. The molecule has 0 unspecified atom stereocenters. The Balaban J connectivity index is 1.62. The lowest BCUT2D eigenvalue weighted by molar-refractivity contribution is -0.116. The second-order valence-electron chi connectivity index (χ2n) is 5.44. The average molecular weight is 360 g/mol. The lowest BCUT2D eigenvalue weighted by Crippen LogP contribution is -2.13. The zero-order valence-corrected chi connectivity index (χ0v) is 14.2. The molecule has 0 bridgehead atoms. The van der Waals surface area contributed by atoms with E-state index in [9.17, 15) is 9.18 Å². The Morgan fingerprint density at radius 2 is 2.00 bits per heavy atom. The summed E-state index contributed by atoms with van der Waals surface area (Å²) < 4.78 is 19.1. The molecular formula is C18H15ClFN3O2. The maximum atomic E-state index is 13.7. The third-order valence-electron chi connectivity index (χ3n) is 3.68. The largest absolute Gasteiger partial charge is 0.421 e. The first-order chi connectivity index (χ1) is 12.0. The van der Waals surface area contributed by atoms with Gasteiger partial charge in [0.1, 0.15) is 5.82 Å². The Bertz CT molecular complexity index is 911. The van der Waals surface area contributed by atoms with Crippen LogP contribution in [0.5, 0.6) is 0 Å². The molecule has 0 aliphatic rings. The number of benzene rings is 2. The summed E-state index contributed by atoms with van der Waals surface area (Å²) in [5.74, 6) is -0.265. The number of halogens is 2. The minimum absolute atomic E-state index is 0.0965. The first-order valence-electron chi connectivity index (χ1n) is 7.67. The number of nitrogens with zero attached hydrogens (tertiary/aromatic N) is 2. The van der Waals surface area contributed by atoms with Gasteiger partial charge in [-0.05, 0) is 36.8 Å². The molecule has 1 aromatic heterocycles. The van der Waals surface area contributed by atoms with E-state index in [0.29, 0.717) is 10.7 Å². The number of carbonyl (C=O) groups excluding carboxylic acids is 1. The standard InChI is InChI=1S/C18H15ClFN3O2/c1-11-13(19)6-4-8-15(11)21-16(24)9-10-17-22-23-18(25-17)12-5-2-3-7-14(12)20/h2-8H,9-10H2,1H3,(H,21,24). The van der Waals surface area contributed by atoms with E-state index in [4.69, 9.17) is 16.0 Å². The van der Waals surface area contributed by atoms with Crippen LogP contribution >= 0.6 is 11.6 Å². The highest BCUT2D eigenvalue weighted by atomic mass is 35.5. The quantitative estimate of drug-likeness (QED) is 0.732. The number of carbonyl (C=O) groups is 1. The van der Waals surface area contributed by atoms with Crippen molar-refractivity contribution in [2.24, 2.45) is 0 Å². The molecule has 7 heteroatoms. The molecule has 0 spiro atoms. The van der Waals surface area contributed by atoms with Crippen molar-refractivity contribution in [2.75, 3.05) is 5.32 Å². The van der Waals surface area contributed by atoms with Crippen LogP contribution in [0.2, 0.25) is 5.02 Å². The predicted molar refractivity (Wildman–Crippen MR) is 92.8 cm³/mol. The number of hydrogen-bond acceptors (Lipinski definition) is 4. The van der Waals surface area contributed by atoms with E-state index in [1.807, 2.05) is 6.92 Å². The number of nitrogens with one attached hydrogen (secondary N) is 1. The van der Waals surface area contributed by atoms with Crippen LogP contribution < -0.4 is 5.32 Å². The van der Waals surface area contributed by atoms with Crippen LogP contribution in [0, 0.1) is 12.7 Å². The Labute approximate surface area is 148 Å². The number of aryl methyl sites for hydroxylation is 1. The Morgan fingerprint density at radius 3 is 2.80 bits per heavy atom. The van der Waals surface area contributed by atoms with Crippen LogP contribution in [0.3, 0.4) is 0 Å². The van der Waals surface area contributed by atoms with Crippen molar-refractivity contribution in [1.82, 2.24) is 10.2 Å². The van der Waals surface area contributed by atoms with E-state index >= 15 is 0 Å². The fourth-order valence-corrected chi connectivity index (χ4v) is 2.45. The van der Waals surface area contributed by atoms with Crippen LogP contribution in [0.4, 0.5) is 10.1 Å². The van der Waals surface area contributed by atoms with Crippen LogP contribution in [0.15, 0.2) is 46.9 Å². The van der Waals surface area contributed by atoms with Gasteiger partial charge in [-0.25, -0.2) is 4.39 Å². The van der Waals surface area contributed by atoms with E-state index in [1.54, 1.807) is 36.4 Å². The molecule has 0 aliphatic heterocycles. The fraction of sp³-hybridized carbons (Fsp3) is 0.167. The van der Waals surface area contributed by atoms with Crippen LogP contribution in [0.1, 0.15) is 17.9 Å². The highest BCUT2D eigenvalue weighted by molar-refractivity contribution is 6.31. The van der Waals surface area contributed by atoms with Crippen molar-refractivity contribution in [1.29, 1.82) is 0 Å². The van der Waals surface area contributed by atoms with Gasteiger partial charge in [0.25, 0.3) is 5.89 Å². The van der Waals surface area contributed by atoms with E-state index in [1.165, 1.54) is 6.07 Å². The maximum Gasteiger partial charge on any atom is 0.250 e. The van der Waals surface area contributed by atoms with Gasteiger partial charge in [-0.3, -0.25) is 4.79 Å². The van der Waals surface area contributed by atoms with E-state index < -0.39 is 5.82 Å². The monoisotopic (exact) mass is 359 g/mol. The molecule has 0 atom stereocenters. The smallest absolute Gasteiger partial charge is 0.250 e. The van der Waals surface area contributed by atoms with Gasteiger partial charge in [-0.1, -0.05) is 29.8 Å². The molecule has 128 valence electrons. The van der Waals surface area contributed by atoms with Crippen molar-refractivity contribution in [3.8, 4) is 11.5 Å². The summed E-state index contributed by atoms with van der Waals surface area (Å²) in [5, 5.41) is 11.1. The molecule has 1 N–H and O–H groups in total. The molecular weight excluding hydrogens is 345 g/mol. The molecule has 0 radical (unpaired) electrons. The zero-order chi connectivity index (χ0) is 17.8. The third-order valence-corrected chi connectivity index (χ3v) is 4.09. The average Bonchev–Trinajstić information content (AvgIpc) is 3.06. The van der Waals surface area contributed by atoms with Crippen molar-refractivity contribution in [2.45, 2.75) is 19.8 Å². The second kappa shape index (κ2) is 7.44. The summed E-state index contributed by atoms with van der Waals surface area (Å²) in [5.41, 5.74) is 1.70. The maximum absolute atomic E-state index is 13.7. The Kier molecular flexibility index (Phi) is 5.09. The van der Waals surface area contributed by atoms with E-state index in [-0.39, 0.29) is 36.1 Å². The number of hydrogen-bond donors (Lipinski definition) is 1. The molecule has 0 saturated carbocycles. The highest BCUT2D eigenvalue weighted by Gasteiger charge is 2.14. The number of aromatic nitrogens is 2.